The van der Waals surface area contributed by atoms with Crippen molar-refractivity contribution in [3.8, 4) is 0 Å². The van der Waals surface area contributed by atoms with Crippen molar-refractivity contribution in [3.63, 3.8) is 0 Å². The molecule has 10 N–H and O–H groups in total. The van der Waals surface area contributed by atoms with Crippen LogP contribution in [0.15, 0.2) is 43.8 Å². The molecule has 0 saturated carbocycles. The molecule has 0 spiro atoms. The molecule has 26 heteroatoms. The second-order valence-electron chi connectivity index (χ2n) is 10.3. The number of nitrogen functional groups attached to an aromatic ring is 1. The Hall–Kier alpha value is -2.79. The monoisotopic (exact) mass is 743 g/mol. The van der Waals surface area contributed by atoms with E-state index < -0.39 is 85.8 Å². The summed E-state index contributed by atoms with van der Waals surface area (Å²) in [7, 11) is -16.2. The summed E-state index contributed by atoms with van der Waals surface area (Å²) in [5.74, 6) is -0.344. The molecule has 2 aliphatic rings. The summed E-state index contributed by atoms with van der Waals surface area (Å²) in [6.07, 6.45) is -8.01. The summed E-state index contributed by atoms with van der Waals surface area (Å²) < 4.78 is 68.6. The summed E-state index contributed by atoms with van der Waals surface area (Å²) in [6, 6.07) is 2.99. The molecule has 0 aliphatic carbocycles. The number of aliphatic hydroxyl groups is 4. The van der Waals surface area contributed by atoms with Crippen LogP contribution in [0.2, 0.25) is 0 Å². The summed E-state index contributed by atoms with van der Waals surface area (Å²) in [4.78, 5) is 50.7. The maximum absolute atomic E-state index is 12.6. The van der Waals surface area contributed by atoms with Crippen LogP contribution in [-0.2, 0) is 41.1 Å². The summed E-state index contributed by atoms with van der Waals surface area (Å²) in [6.45, 7) is 1.39. The van der Waals surface area contributed by atoms with Crippen LogP contribution < -0.4 is 10.3 Å². The quantitative estimate of drug-likeness (QED) is 0.0548. The van der Waals surface area contributed by atoms with Crippen molar-refractivity contribution < 1.29 is 85.6 Å². The van der Waals surface area contributed by atoms with Gasteiger partial charge in [-0.05, 0) is 6.07 Å². The van der Waals surface area contributed by atoms with Gasteiger partial charge in [0.15, 0.2) is 36.2 Å². The minimum atomic E-state index is -5.51. The van der Waals surface area contributed by atoms with Crippen LogP contribution in [0.1, 0.15) is 18.0 Å². The molecule has 2 aliphatic heterocycles. The van der Waals surface area contributed by atoms with Gasteiger partial charge >= 0.3 is 23.5 Å². The van der Waals surface area contributed by atoms with E-state index in [1.54, 1.807) is 0 Å². The second-order valence-corrected chi connectivity index (χ2v) is 14.6. The average molecular weight is 743 g/mol. The van der Waals surface area contributed by atoms with E-state index in [9.17, 15) is 53.7 Å². The van der Waals surface area contributed by atoms with E-state index in [1.165, 1.54) is 29.1 Å². The fourth-order valence-electron chi connectivity index (χ4n) is 4.86. The molecule has 0 aromatic carbocycles. The van der Waals surface area contributed by atoms with Gasteiger partial charge in [-0.15, -0.1) is 0 Å². The molecule has 2 fully saturated rings. The minimum Gasteiger partial charge on any atom is -0.508 e. The fourth-order valence-corrected chi connectivity index (χ4v) is 7.49. The largest absolute Gasteiger partial charge is 0.508 e. The molecule has 0 bridgehead atoms. The molecule has 48 heavy (non-hydrogen) atoms. The van der Waals surface area contributed by atoms with E-state index in [2.05, 4.69) is 25.8 Å². The maximum atomic E-state index is 12.6. The van der Waals surface area contributed by atoms with Gasteiger partial charge in [0.05, 0.1) is 25.1 Å². The number of aliphatic hydroxyl groups excluding tert-OH is 4. The number of pyridine rings is 1. The van der Waals surface area contributed by atoms with Crippen molar-refractivity contribution in [1.29, 1.82) is 0 Å². The molecular weight excluding hydrogens is 713 g/mol. The van der Waals surface area contributed by atoms with Gasteiger partial charge in [0.25, 0.3) is 6.23 Å². The Labute approximate surface area is 268 Å². The summed E-state index contributed by atoms with van der Waals surface area (Å²) in [5, 5.41) is 41.2. The van der Waals surface area contributed by atoms with Crippen LogP contribution in [0, 0.1) is 0 Å². The minimum absolute atomic E-state index is 0.00786. The number of imidazole rings is 1. The lowest BCUT2D eigenvalue weighted by molar-refractivity contribution is -0.765. The second kappa shape index (κ2) is 13.8. The number of nitrogens with two attached hydrogens (primary N) is 1. The van der Waals surface area contributed by atoms with Crippen LogP contribution >= 0.6 is 23.5 Å². The molecule has 10 atom stereocenters. The van der Waals surface area contributed by atoms with E-state index in [4.69, 9.17) is 28.8 Å². The van der Waals surface area contributed by atoms with Crippen LogP contribution in [0.4, 0.5) is 5.82 Å². The summed E-state index contributed by atoms with van der Waals surface area (Å²) in [5.41, 5.74) is 6.10. The van der Waals surface area contributed by atoms with E-state index in [0.717, 1.165) is 17.2 Å². The lowest BCUT2D eigenvalue weighted by Crippen LogP contribution is -2.46. The van der Waals surface area contributed by atoms with Gasteiger partial charge in [0.1, 0.15) is 48.1 Å². The topological polar surface area (TPSA) is 342 Å². The van der Waals surface area contributed by atoms with Crippen molar-refractivity contribution in [2.45, 2.75) is 49.1 Å². The lowest BCUT2D eigenvalue weighted by atomic mass is 10.1. The third-order valence-corrected chi connectivity index (χ3v) is 10.1. The van der Waals surface area contributed by atoms with E-state index in [1.807, 2.05) is 0 Å². The van der Waals surface area contributed by atoms with Crippen molar-refractivity contribution >= 4 is 46.2 Å². The number of nitrogens with zero attached hydrogens (tertiary/aromatic N) is 5. The first-order valence-corrected chi connectivity index (χ1v) is 17.9. The predicted octanol–water partition coefficient (Wildman–Crippen LogP) is -1.47. The molecule has 264 valence electrons. The Balaban J connectivity index is 1.21. The molecule has 0 radical (unpaired) electrons. The zero-order chi connectivity index (χ0) is 35.2. The molecule has 2 unspecified atom stereocenters. The highest BCUT2D eigenvalue weighted by Crippen LogP contribution is 2.61. The van der Waals surface area contributed by atoms with E-state index in [-0.39, 0.29) is 28.3 Å². The average Bonchev–Trinajstić information content (AvgIpc) is 3.64. The molecule has 5 rings (SSSR count). The fraction of sp³-hybridized carbons (Fsp3) is 0.455. The predicted molar refractivity (Wildman–Crippen MR) is 153 cm³/mol. The van der Waals surface area contributed by atoms with Gasteiger partial charge in [-0.2, -0.15) is 8.88 Å². The Morgan fingerprint density at radius 1 is 0.979 bits per heavy atom. The van der Waals surface area contributed by atoms with Crippen molar-refractivity contribution in [1.82, 2.24) is 19.5 Å². The Bertz CT molecular complexity index is 1810. The van der Waals surface area contributed by atoms with Gasteiger partial charge in [0, 0.05) is 6.07 Å². The van der Waals surface area contributed by atoms with Gasteiger partial charge < -0.3 is 55.2 Å². The zero-order valence-corrected chi connectivity index (χ0v) is 26.8. The highest BCUT2D eigenvalue weighted by molar-refractivity contribution is 7.61. The first-order chi connectivity index (χ1) is 22.4. The van der Waals surface area contributed by atoms with Crippen molar-refractivity contribution in [2.24, 2.45) is 0 Å². The molecule has 3 aromatic heterocycles. The van der Waals surface area contributed by atoms with Crippen molar-refractivity contribution in [2.75, 3.05) is 18.9 Å². The SMILES string of the molecule is C=C(O)c1ccc[n+]([C@@H]2O[C@H](COP(=O)(O)OP(=O)(O)OC[C@H]3O[C@@H](n4cnc5c(N)ncnc54)[C@H](OP(=O)(O)O)[C@@H]3O)[C@@H](O)[C@H]2O)c1. The Kier molecular flexibility index (Phi) is 10.5. The number of fused-ring (bicyclic) bond motifs is 1. The molecule has 23 nitrogen and oxygen atoms in total. The number of phosphoric ester groups is 3. The van der Waals surface area contributed by atoms with Gasteiger partial charge in [0.2, 0.25) is 0 Å². The zero-order valence-electron chi connectivity index (χ0n) is 24.1. The Morgan fingerprint density at radius 3 is 2.25 bits per heavy atom. The maximum Gasteiger partial charge on any atom is 0.481 e. The number of rotatable bonds is 13. The highest BCUT2D eigenvalue weighted by Gasteiger charge is 2.51. The first-order valence-electron chi connectivity index (χ1n) is 13.4. The normalized spacial score (nSPS) is 30.3. The third-order valence-electron chi connectivity index (χ3n) is 7.03. The molecule has 0 amide bonds. The first kappa shape index (κ1) is 36.5. The van der Waals surface area contributed by atoms with E-state index in [0.29, 0.717) is 0 Å². The van der Waals surface area contributed by atoms with Gasteiger partial charge in [-0.25, -0.2) is 28.6 Å². The third kappa shape index (κ3) is 8.15. The van der Waals surface area contributed by atoms with Crippen LogP contribution in [0.5, 0.6) is 0 Å². The lowest BCUT2D eigenvalue weighted by Gasteiger charge is -2.22. The van der Waals surface area contributed by atoms with Gasteiger partial charge in [-0.3, -0.25) is 18.1 Å². The summed E-state index contributed by atoms with van der Waals surface area (Å²) >= 11 is 0. The Morgan fingerprint density at radius 2 is 1.62 bits per heavy atom. The molecule has 5 heterocycles. The number of aromatic nitrogens is 5. The van der Waals surface area contributed by atoms with Crippen LogP contribution in [-0.4, -0.2) is 109 Å². The van der Waals surface area contributed by atoms with Gasteiger partial charge in [-0.1, -0.05) is 6.58 Å². The number of ether oxygens (including phenoxy) is 2. The van der Waals surface area contributed by atoms with Crippen LogP contribution in [0.25, 0.3) is 16.9 Å². The van der Waals surface area contributed by atoms with Crippen LogP contribution in [0.3, 0.4) is 0 Å². The number of phosphoric acid groups is 3. The highest BCUT2D eigenvalue weighted by atomic mass is 31.3. The molecule has 2 saturated heterocycles. The molecule has 3 aromatic rings. The van der Waals surface area contributed by atoms with E-state index >= 15 is 0 Å². The number of hydrogen-bond acceptors (Lipinski definition) is 17. The van der Waals surface area contributed by atoms with Crippen molar-refractivity contribution in [3.05, 3.63) is 49.3 Å². The number of anilines is 1. The molecular formula is C22H30N6O17P3+. The number of hydrogen-bond donors (Lipinski definition) is 9. The standard InChI is InChI=1S/C22H29N6O17P3/c1-10(29)11-3-2-4-27(5-11)21-17(32)15(30)12(42-21)6-40-47(36,37)45-48(38,39)41-7-13-16(31)18(44-46(33,34)35)22(43-13)28-9-26-14-19(23)24-8-25-20(14)28/h2-5,8-9,12-13,15-18,21-22,30-32H,1,6-7H2,(H6-,23,24,25,29,33,34,35,36,37,38,39)/p+1/t12-,13-,15-,16-,17-,18-,21-,22-/m1/s1. The smallest absolute Gasteiger partial charge is 0.481 e.